The molecule has 0 fully saturated rings. The minimum Gasteiger partial charge on any atom is -0.382 e. The molecule has 0 spiro atoms. The highest BCUT2D eigenvalue weighted by Gasteiger charge is 1.97. The van der Waals surface area contributed by atoms with Crippen LogP contribution in [-0.4, -0.2) is 22.3 Å². The fraction of sp³-hybridized carbons (Fsp3) is 0.375. The average Bonchev–Trinajstić information content (AvgIpc) is 2.06. The molecule has 0 aliphatic rings. The second-order valence-electron chi connectivity index (χ2n) is 2.40. The molecule has 1 aromatic heterocycles. The summed E-state index contributed by atoms with van der Waals surface area (Å²) in [7, 11) is 0. The number of aromatic nitrogens is 2. The lowest BCUT2D eigenvalue weighted by atomic mass is 10.4. The van der Waals surface area contributed by atoms with Crippen LogP contribution in [0.4, 0.5) is 0 Å². The van der Waals surface area contributed by atoms with Crippen molar-refractivity contribution in [3.05, 3.63) is 23.8 Å². The van der Waals surface area contributed by atoms with Crippen LogP contribution in [0.25, 0.3) is 0 Å². The summed E-state index contributed by atoms with van der Waals surface area (Å²) in [6, 6.07) is 0. The van der Waals surface area contributed by atoms with Gasteiger partial charge in [-0.25, -0.2) is 4.98 Å². The Morgan fingerprint density at radius 2 is 2.25 bits per heavy atom. The van der Waals surface area contributed by atoms with Crippen LogP contribution in [0.1, 0.15) is 18.3 Å². The molecule has 4 nitrogen and oxygen atoms in total. The van der Waals surface area contributed by atoms with E-state index in [0.29, 0.717) is 18.1 Å². The van der Waals surface area contributed by atoms with Crippen LogP contribution in [-0.2, 0) is 0 Å². The van der Waals surface area contributed by atoms with E-state index in [1.807, 2.05) is 13.8 Å². The molecule has 0 bridgehead atoms. The Hall–Kier alpha value is -1.45. The first kappa shape index (κ1) is 8.64. The number of rotatable bonds is 2. The van der Waals surface area contributed by atoms with Gasteiger partial charge in [-0.2, -0.15) is 0 Å². The first-order valence-corrected chi connectivity index (χ1v) is 3.83. The maximum Gasteiger partial charge on any atom is 0.146 e. The number of nitrogens with zero attached hydrogens (tertiary/aromatic N) is 3. The highest BCUT2D eigenvalue weighted by Crippen LogP contribution is 1.93. The topological polar surface area (TPSA) is 64.2 Å². The van der Waals surface area contributed by atoms with Crippen molar-refractivity contribution in [2.45, 2.75) is 13.8 Å². The molecule has 4 heteroatoms. The number of nitrogens with two attached hydrogens (primary N) is 1. The van der Waals surface area contributed by atoms with Crippen LogP contribution < -0.4 is 5.73 Å². The quantitative estimate of drug-likeness (QED) is 0.511. The van der Waals surface area contributed by atoms with Crippen molar-refractivity contribution < 1.29 is 0 Å². The average molecular weight is 164 g/mol. The van der Waals surface area contributed by atoms with Gasteiger partial charge in [0.15, 0.2) is 0 Å². The van der Waals surface area contributed by atoms with Gasteiger partial charge >= 0.3 is 0 Å². The standard InChI is InChI=1S/C8H12N4/c1-3-10-8(9)7-5-11-6(2)4-12-7/h4-5H,3H2,1-2H3,(H2,9,10). The van der Waals surface area contributed by atoms with Gasteiger partial charge in [-0.1, -0.05) is 0 Å². The Morgan fingerprint density at radius 3 is 2.75 bits per heavy atom. The monoisotopic (exact) mass is 164 g/mol. The molecular weight excluding hydrogens is 152 g/mol. The smallest absolute Gasteiger partial charge is 0.146 e. The van der Waals surface area contributed by atoms with Gasteiger partial charge in [-0.15, -0.1) is 0 Å². The van der Waals surface area contributed by atoms with Crippen LogP contribution in [0.15, 0.2) is 17.4 Å². The molecule has 0 saturated carbocycles. The van der Waals surface area contributed by atoms with E-state index in [1.165, 1.54) is 0 Å². The van der Waals surface area contributed by atoms with E-state index in [2.05, 4.69) is 15.0 Å². The Bertz CT molecular complexity index is 276. The summed E-state index contributed by atoms with van der Waals surface area (Å²) in [6.45, 7) is 4.47. The molecular formula is C8H12N4. The molecule has 12 heavy (non-hydrogen) atoms. The van der Waals surface area contributed by atoms with Gasteiger partial charge in [0, 0.05) is 12.7 Å². The zero-order chi connectivity index (χ0) is 8.97. The molecule has 0 radical (unpaired) electrons. The molecule has 0 atom stereocenters. The van der Waals surface area contributed by atoms with Crippen molar-refractivity contribution in [1.29, 1.82) is 0 Å². The normalized spacial score (nSPS) is 11.7. The fourth-order valence-corrected chi connectivity index (χ4v) is 0.776. The Morgan fingerprint density at radius 1 is 1.50 bits per heavy atom. The summed E-state index contributed by atoms with van der Waals surface area (Å²) >= 11 is 0. The van der Waals surface area contributed by atoms with Crippen LogP contribution in [0.2, 0.25) is 0 Å². The highest BCUT2D eigenvalue weighted by atomic mass is 14.9. The molecule has 1 heterocycles. The van der Waals surface area contributed by atoms with E-state index < -0.39 is 0 Å². The molecule has 0 saturated heterocycles. The first-order chi connectivity index (χ1) is 5.74. The number of hydrogen-bond donors (Lipinski definition) is 1. The van der Waals surface area contributed by atoms with Crippen LogP contribution in [0.3, 0.4) is 0 Å². The summed E-state index contributed by atoms with van der Waals surface area (Å²) in [5.74, 6) is 0.449. The van der Waals surface area contributed by atoms with Crippen LogP contribution in [0, 0.1) is 6.92 Å². The summed E-state index contributed by atoms with van der Waals surface area (Å²) < 4.78 is 0. The van der Waals surface area contributed by atoms with E-state index >= 15 is 0 Å². The minimum absolute atomic E-state index is 0.449. The number of aliphatic imine (C=N–C) groups is 1. The SMILES string of the molecule is CCN=C(N)c1cnc(C)cn1. The molecule has 0 aliphatic heterocycles. The Kier molecular flexibility index (Phi) is 2.74. The van der Waals surface area contributed by atoms with E-state index in [9.17, 15) is 0 Å². The minimum atomic E-state index is 0.449. The lowest BCUT2D eigenvalue weighted by Crippen LogP contribution is -2.15. The van der Waals surface area contributed by atoms with Crippen molar-refractivity contribution in [3.63, 3.8) is 0 Å². The first-order valence-electron chi connectivity index (χ1n) is 3.83. The molecule has 0 aliphatic carbocycles. The summed E-state index contributed by atoms with van der Waals surface area (Å²) in [4.78, 5) is 12.2. The van der Waals surface area contributed by atoms with E-state index in [0.717, 1.165) is 5.69 Å². The number of hydrogen-bond acceptors (Lipinski definition) is 3. The molecule has 0 amide bonds. The van der Waals surface area contributed by atoms with E-state index in [4.69, 9.17) is 5.73 Å². The van der Waals surface area contributed by atoms with Crippen LogP contribution in [0.5, 0.6) is 0 Å². The predicted octanol–water partition coefficient (Wildman–Crippen LogP) is 0.510. The van der Waals surface area contributed by atoms with Crippen molar-refractivity contribution in [2.75, 3.05) is 6.54 Å². The zero-order valence-electron chi connectivity index (χ0n) is 7.28. The van der Waals surface area contributed by atoms with Crippen molar-refractivity contribution in [3.8, 4) is 0 Å². The summed E-state index contributed by atoms with van der Waals surface area (Å²) in [6.07, 6.45) is 3.30. The number of aryl methyl sites for hydroxylation is 1. The predicted molar refractivity (Wildman–Crippen MR) is 48.0 cm³/mol. The fourth-order valence-electron chi connectivity index (χ4n) is 0.776. The van der Waals surface area contributed by atoms with Gasteiger partial charge < -0.3 is 5.73 Å². The lowest BCUT2D eigenvalue weighted by molar-refractivity contribution is 1.07. The van der Waals surface area contributed by atoms with E-state index in [-0.39, 0.29) is 0 Å². The third kappa shape index (κ3) is 2.02. The Labute approximate surface area is 71.6 Å². The second-order valence-corrected chi connectivity index (χ2v) is 2.40. The van der Waals surface area contributed by atoms with Crippen molar-refractivity contribution in [2.24, 2.45) is 10.7 Å². The van der Waals surface area contributed by atoms with Gasteiger partial charge in [0.2, 0.25) is 0 Å². The molecule has 0 aromatic carbocycles. The van der Waals surface area contributed by atoms with Crippen molar-refractivity contribution in [1.82, 2.24) is 9.97 Å². The van der Waals surface area contributed by atoms with Gasteiger partial charge in [0.1, 0.15) is 11.5 Å². The van der Waals surface area contributed by atoms with E-state index in [1.54, 1.807) is 12.4 Å². The number of amidine groups is 1. The van der Waals surface area contributed by atoms with Crippen LogP contribution >= 0.6 is 0 Å². The van der Waals surface area contributed by atoms with Gasteiger partial charge in [0.25, 0.3) is 0 Å². The molecule has 64 valence electrons. The molecule has 2 N–H and O–H groups in total. The summed E-state index contributed by atoms with van der Waals surface area (Å²) in [5, 5.41) is 0. The van der Waals surface area contributed by atoms with Gasteiger partial charge in [-0.3, -0.25) is 9.98 Å². The lowest BCUT2D eigenvalue weighted by Gasteiger charge is -1.98. The van der Waals surface area contributed by atoms with Gasteiger partial charge in [-0.05, 0) is 13.8 Å². The van der Waals surface area contributed by atoms with Gasteiger partial charge in [0.05, 0.1) is 11.9 Å². The molecule has 1 rings (SSSR count). The largest absolute Gasteiger partial charge is 0.382 e. The van der Waals surface area contributed by atoms with Crippen molar-refractivity contribution >= 4 is 5.84 Å². The maximum atomic E-state index is 5.60. The third-order valence-electron chi connectivity index (χ3n) is 1.37. The third-order valence-corrected chi connectivity index (χ3v) is 1.37. The maximum absolute atomic E-state index is 5.60. The second kappa shape index (κ2) is 3.80. The zero-order valence-corrected chi connectivity index (χ0v) is 7.28. The molecule has 0 unspecified atom stereocenters. The Balaban J connectivity index is 2.89. The molecule has 1 aromatic rings. The summed E-state index contributed by atoms with van der Waals surface area (Å²) in [5.41, 5.74) is 7.12. The highest BCUT2D eigenvalue weighted by molar-refractivity contribution is 5.95.